The van der Waals surface area contributed by atoms with Crippen LogP contribution in [0.25, 0.3) is 17.0 Å². The van der Waals surface area contributed by atoms with Crippen molar-refractivity contribution in [1.82, 2.24) is 10.3 Å². The molecule has 1 amide bonds. The molecule has 0 spiro atoms. The van der Waals surface area contributed by atoms with E-state index in [1.54, 1.807) is 32.9 Å². The van der Waals surface area contributed by atoms with Gasteiger partial charge in [-0.15, -0.1) is 0 Å². The van der Waals surface area contributed by atoms with Gasteiger partial charge in [-0.3, -0.25) is 9.78 Å². The van der Waals surface area contributed by atoms with Crippen LogP contribution in [0.2, 0.25) is 0 Å². The molecule has 2 heterocycles. The first kappa shape index (κ1) is 22.7. The zero-order valence-electron chi connectivity index (χ0n) is 18.2. The lowest BCUT2D eigenvalue weighted by molar-refractivity contribution is -0.180. The third-order valence-corrected chi connectivity index (χ3v) is 4.82. The highest BCUT2D eigenvalue weighted by Gasteiger charge is 2.39. The van der Waals surface area contributed by atoms with Crippen LogP contribution in [0.4, 0.5) is 4.79 Å². The summed E-state index contributed by atoms with van der Waals surface area (Å²) in [5.74, 6) is -0.994. The number of amides is 1. The molecule has 1 aromatic heterocycles. The van der Waals surface area contributed by atoms with E-state index in [0.29, 0.717) is 5.69 Å². The molecule has 1 fully saturated rings. The van der Waals surface area contributed by atoms with Crippen LogP contribution >= 0.6 is 0 Å². The molecule has 3 rings (SSSR count). The standard InChI is InChI=1S/C23H28N2O6/c1-15(24-21(28)31-22(2,3)4)18-8-7-17-6-5-16(11-19(17)25-18)9-10-23(20(26)27)12-29-14-30-13-23/h5-11,15H,12-14H2,1-4H3,(H,24,28)(H,26,27)/t15-/m1/s1. The highest BCUT2D eigenvalue weighted by molar-refractivity contribution is 5.83. The van der Waals surface area contributed by atoms with Gasteiger partial charge in [-0.2, -0.15) is 0 Å². The number of pyridine rings is 1. The number of carbonyl (C=O) groups is 2. The molecule has 1 aliphatic heterocycles. The molecule has 2 N–H and O–H groups in total. The number of nitrogens with one attached hydrogen (secondary N) is 1. The van der Waals surface area contributed by atoms with Gasteiger partial charge in [0.15, 0.2) is 0 Å². The number of carboxylic acid groups (broad SMARTS) is 1. The van der Waals surface area contributed by atoms with E-state index in [9.17, 15) is 14.7 Å². The predicted octanol–water partition coefficient (Wildman–Crippen LogP) is 3.91. The van der Waals surface area contributed by atoms with E-state index in [0.717, 1.165) is 16.5 Å². The van der Waals surface area contributed by atoms with Crippen molar-refractivity contribution in [3.63, 3.8) is 0 Å². The summed E-state index contributed by atoms with van der Waals surface area (Å²) < 4.78 is 15.7. The number of rotatable bonds is 5. The first-order valence-corrected chi connectivity index (χ1v) is 10.1. The lowest BCUT2D eigenvalue weighted by Crippen LogP contribution is -2.42. The lowest BCUT2D eigenvalue weighted by atomic mass is 9.88. The highest BCUT2D eigenvalue weighted by atomic mass is 16.7. The van der Waals surface area contributed by atoms with Gasteiger partial charge in [-0.1, -0.05) is 30.4 Å². The maximum atomic E-state index is 12.0. The summed E-state index contributed by atoms with van der Waals surface area (Å²) in [6.45, 7) is 7.47. The first-order valence-electron chi connectivity index (χ1n) is 10.1. The smallest absolute Gasteiger partial charge is 0.408 e. The second-order valence-electron chi connectivity index (χ2n) is 8.67. The molecule has 8 heteroatoms. The average Bonchev–Trinajstić information content (AvgIpc) is 2.70. The minimum absolute atomic E-state index is 0.0582. The van der Waals surface area contributed by atoms with Crippen molar-refractivity contribution in [2.24, 2.45) is 5.41 Å². The van der Waals surface area contributed by atoms with Gasteiger partial charge in [0.1, 0.15) is 17.8 Å². The monoisotopic (exact) mass is 428 g/mol. The molecule has 1 aliphatic rings. The molecule has 0 unspecified atom stereocenters. The van der Waals surface area contributed by atoms with E-state index in [2.05, 4.69) is 10.3 Å². The van der Waals surface area contributed by atoms with Crippen LogP contribution in [0, 0.1) is 5.41 Å². The number of fused-ring (bicyclic) bond motifs is 1. The quantitative estimate of drug-likeness (QED) is 0.743. The number of nitrogens with zero attached hydrogens (tertiary/aromatic N) is 1. The summed E-state index contributed by atoms with van der Waals surface area (Å²) in [5, 5.41) is 13.3. The molecule has 31 heavy (non-hydrogen) atoms. The number of hydrogen-bond acceptors (Lipinski definition) is 6. The first-order chi connectivity index (χ1) is 14.6. The molecule has 166 valence electrons. The van der Waals surface area contributed by atoms with Crippen molar-refractivity contribution in [3.05, 3.63) is 47.7 Å². The summed E-state index contributed by atoms with van der Waals surface area (Å²) in [6.07, 6.45) is 2.84. The van der Waals surface area contributed by atoms with Gasteiger partial charge in [-0.25, -0.2) is 4.79 Å². The molecule has 0 aliphatic carbocycles. The molecular formula is C23H28N2O6. The molecule has 1 saturated heterocycles. The van der Waals surface area contributed by atoms with Crippen molar-refractivity contribution < 1.29 is 28.9 Å². The van der Waals surface area contributed by atoms with Crippen LogP contribution in [0.3, 0.4) is 0 Å². The normalized spacial score (nSPS) is 17.4. The maximum Gasteiger partial charge on any atom is 0.408 e. The second kappa shape index (κ2) is 9.03. The number of carboxylic acids is 1. The van der Waals surface area contributed by atoms with Gasteiger partial charge in [0.05, 0.1) is 30.5 Å². The Kier molecular flexibility index (Phi) is 6.62. The van der Waals surface area contributed by atoms with Gasteiger partial charge >= 0.3 is 12.1 Å². The number of benzene rings is 1. The fourth-order valence-electron chi connectivity index (χ4n) is 3.15. The highest BCUT2D eigenvalue weighted by Crippen LogP contribution is 2.26. The van der Waals surface area contributed by atoms with Crippen molar-refractivity contribution in [3.8, 4) is 0 Å². The minimum atomic E-state index is -1.21. The molecule has 1 atom stereocenters. The van der Waals surface area contributed by atoms with E-state index in [4.69, 9.17) is 14.2 Å². The minimum Gasteiger partial charge on any atom is -0.480 e. The molecular weight excluding hydrogens is 400 g/mol. The summed E-state index contributed by atoms with van der Waals surface area (Å²) in [6, 6.07) is 9.12. The predicted molar refractivity (Wildman–Crippen MR) is 115 cm³/mol. The number of aliphatic carboxylic acids is 1. The number of ether oxygens (including phenoxy) is 3. The van der Waals surface area contributed by atoms with E-state index >= 15 is 0 Å². The van der Waals surface area contributed by atoms with Crippen molar-refractivity contribution in [1.29, 1.82) is 0 Å². The summed E-state index contributed by atoms with van der Waals surface area (Å²) >= 11 is 0. The van der Waals surface area contributed by atoms with Crippen molar-refractivity contribution in [2.45, 2.75) is 39.3 Å². The summed E-state index contributed by atoms with van der Waals surface area (Å²) in [4.78, 5) is 28.4. The number of aromatic nitrogens is 1. The Morgan fingerprint density at radius 2 is 1.90 bits per heavy atom. The zero-order chi connectivity index (χ0) is 22.6. The Morgan fingerprint density at radius 1 is 1.23 bits per heavy atom. The Morgan fingerprint density at radius 3 is 2.55 bits per heavy atom. The number of alkyl carbamates (subject to hydrolysis) is 1. The van der Waals surface area contributed by atoms with Gasteiger partial charge < -0.3 is 24.6 Å². The van der Waals surface area contributed by atoms with Gasteiger partial charge in [0.2, 0.25) is 0 Å². The van der Waals surface area contributed by atoms with E-state index < -0.39 is 23.1 Å². The maximum absolute atomic E-state index is 12.0. The Bertz CT molecular complexity index is 989. The van der Waals surface area contributed by atoms with Crippen molar-refractivity contribution >= 4 is 29.0 Å². The second-order valence-corrected chi connectivity index (χ2v) is 8.67. The van der Waals surface area contributed by atoms with Crippen molar-refractivity contribution in [2.75, 3.05) is 20.0 Å². The number of carbonyl (C=O) groups excluding carboxylic acids is 1. The molecule has 0 radical (unpaired) electrons. The summed E-state index contributed by atoms with van der Waals surface area (Å²) in [7, 11) is 0. The molecule has 0 bridgehead atoms. The lowest BCUT2D eigenvalue weighted by Gasteiger charge is -2.29. The molecule has 1 aromatic carbocycles. The number of hydrogen-bond donors (Lipinski definition) is 2. The van der Waals surface area contributed by atoms with Crippen LogP contribution in [0.1, 0.15) is 45.0 Å². The topological polar surface area (TPSA) is 107 Å². The molecule has 8 nitrogen and oxygen atoms in total. The van der Waals surface area contributed by atoms with E-state index in [1.165, 1.54) is 0 Å². The van der Waals surface area contributed by atoms with E-state index in [-0.39, 0.29) is 26.0 Å². The average molecular weight is 428 g/mol. The fourth-order valence-corrected chi connectivity index (χ4v) is 3.15. The van der Waals surface area contributed by atoms with Crippen LogP contribution in [0.15, 0.2) is 36.4 Å². The van der Waals surface area contributed by atoms with Crippen LogP contribution in [-0.2, 0) is 19.0 Å². The van der Waals surface area contributed by atoms with Gasteiger partial charge in [0, 0.05) is 5.39 Å². The fraction of sp³-hybridized carbons (Fsp3) is 0.435. The van der Waals surface area contributed by atoms with Crippen LogP contribution in [-0.4, -0.2) is 47.8 Å². The molecule has 2 aromatic rings. The Balaban J connectivity index is 1.80. The van der Waals surface area contributed by atoms with Gasteiger partial charge in [-0.05, 0) is 45.4 Å². The largest absolute Gasteiger partial charge is 0.480 e. The van der Waals surface area contributed by atoms with Crippen LogP contribution in [0.5, 0.6) is 0 Å². The third-order valence-electron chi connectivity index (χ3n) is 4.82. The zero-order valence-corrected chi connectivity index (χ0v) is 18.2. The molecule has 0 saturated carbocycles. The Labute approximate surface area is 181 Å². The summed E-state index contributed by atoms with van der Waals surface area (Å²) in [5.41, 5.74) is 0.433. The SMILES string of the molecule is C[C@@H](NC(=O)OC(C)(C)C)c1ccc2ccc(C=CC3(C(=O)O)COCOC3)cc2n1. The van der Waals surface area contributed by atoms with E-state index in [1.807, 2.05) is 37.3 Å². The van der Waals surface area contributed by atoms with Gasteiger partial charge in [0.25, 0.3) is 0 Å². The third kappa shape index (κ3) is 5.80. The van der Waals surface area contributed by atoms with Crippen LogP contribution < -0.4 is 5.32 Å². The Hall–Kier alpha value is -2.97.